The van der Waals surface area contributed by atoms with E-state index in [0.717, 1.165) is 35.9 Å². The van der Waals surface area contributed by atoms with E-state index in [1.54, 1.807) is 42.5 Å². The summed E-state index contributed by atoms with van der Waals surface area (Å²) in [5, 5.41) is 12.7. The van der Waals surface area contributed by atoms with Crippen LogP contribution in [-0.4, -0.2) is 47.2 Å². The lowest BCUT2D eigenvalue weighted by Crippen LogP contribution is -2.35. The summed E-state index contributed by atoms with van der Waals surface area (Å²) in [6.45, 7) is 3.33. The van der Waals surface area contributed by atoms with Crippen LogP contribution >= 0.6 is 23.1 Å². The molecule has 1 unspecified atom stereocenters. The molecule has 1 amide bonds. The predicted octanol–water partition coefficient (Wildman–Crippen LogP) is 3.77. The van der Waals surface area contributed by atoms with Crippen LogP contribution < -0.4 is 5.32 Å². The lowest BCUT2D eigenvalue weighted by atomic mass is 10.2. The van der Waals surface area contributed by atoms with Crippen LogP contribution in [0, 0.1) is 0 Å². The van der Waals surface area contributed by atoms with E-state index in [2.05, 4.69) is 15.5 Å². The van der Waals surface area contributed by atoms with Crippen molar-refractivity contribution in [3.05, 3.63) is 46.7 Å². The molecular weight excluding hydrogens is 468 g/mol. The van der Waals surface area contributed by atoms with Crippen LogP contribution in [0.5, 0.6) is 0 Å². The number of piperidine rings is 1. The van der Waals surface area contributed by atoms with E-state index in [1.807, 2.05) is 17.5 Å². The Kier molecular flexibility index (Phi) is 7.29. The first-order chi connectivity index (χ1) is 15.4. The summed E-state index contributed by atoms with van der Waals surface area (Å²) in [6.07, 6.45) is 2.81. The molecule has 1 saturated heterocycles. The van der Waals surface area contributed by atoms with Gasteiger partial charge in [0.2, 0.25) is 21.8 Å². The molecule has 3 aromatic rings. The minimum atomic E-state index is -3.55. The number of nitrogens with one attached hydrogen (secondary N) is 1. The molecule has 1 N–H and O–H groups in total. The number of benzene rings is 1. The summed E-state index contributed by atoms with van der Waals surface area (Å²) < 4.78 is 33.1. The van der Waals surface area contributed by atoms with Crippen LogP contribution in [0.2, 0.25) is 0 Å². The molecule has 170 valence electrons. The molecule has 1 aliphatic rings. The van der Waals surface area contributed by atoms with Crippen molar-refractivity contribution in [1.29, 1.82) is 0 Å². The van der Waals surface area contributed by atoms with Crippen molar-refractivity contribution in [2.24, 2.45) is 0 Å². The second-order valence-electron chi connectivity index (χ2n) is 7.42. The van der Waals surface area contributed by atoms with Crippen molar-refractivity contribution in [3.8, 4) is 11.5 Å². The molecule has 0 aliphatic carbocycles. The highest BCUT2D eigenvalue weighted by Gasteiger charge is 2.26. The second-order valence-corrected chi connectivity index (χ2v) is 11.7. The number of carbonyl (C=O) groups is 1. The van der Waals surface area contributed by atoms with Gasteiger partial charge in [-0.25, -0.2) is 8.42 Å². The predicted molar refractivity (Wildman–Crippen MR) is 124 cm³/mol. The summed E-state index contributed by atoms with van der Waals surface area (Å²) in [6, 6.07) is 10.4. The number of carbonyl (C=O) groups excluding carboxylic acids is 1. The molecule has 11 heteroatoms. The van der Waals surface area contributed by atoms with Gasteiger partial charge in [-0.1, -0.05) is 30.3 Å². The Labute approximate surface area is 195 Å². The number of thiophene rings is 1. The van der Waals surface area contributed by atoms with Gasteiger partial charge in [0.1, 0.15) is 0 Å². The van der Waals surface area contributed by atoms with Crippen molar-refractivity contribution < 1.29 is 17.6 Å². The van der Waals surface area contributed by atoms with Crippen LogP contribution in [0.1, 0.15) is 31.1 Å². The van der Waals surface area contributed by atoms with Crippen molar-refractivity contribution in [1.82, 2.24) is 19.8 Å². The van der Waals surface area contributed by atoms with E-state index >= 15 is 0 Å². The van der Waals surface area contributed by atoms with Gasteiger partial charge in [-0.05, 0) is 49.4 Å². The highest BCUT2D eigenvalue weighted by Crippen LogP contribution is 2.29. The zero-order valence-corrected chi connectivity index (χ0v) is 20.0. The quantitative estimate of drug-likeness (QED) is 0.477. The first kappa shape index (κ1) is 23.0. The van der Waals surface area contributed by atoms with Gasteiger partial charge in [-0.3, -0.25) is 4.79 Å². The Bertz CT molecular complexity index is 1160. The van der Waals surface area contributed by atoms with E-state index < -0.39 is 15.3 Å². The maximum absolute atomic E-state index is 13.0. The van der Waals surface area contributed by atoms with Crippen LogP contribution in [0.3, 0.4) is 0 Å². The summed E-state index contributed by atoms with van der Waals surface area (Å²) in [4.78, 5) is 13.6. The topological polar surface area (TPSA) is 105 Å². The van der Waals surface area contributed by atoms with Crippen molar-refractivity contribution in [2.75, 3.05) is 13.1 Å². The SMILES string of the molecule is CC(Sc1nnc(-c2cccc(S(=O)(=O)N3CCCCC3)c2)o1)C(=O)NCc1cccs1. The van der Waals surface area contributed by atoms with E-state index in [0.29, 0.717) is 25.2 Å². The van der Waals surface area contributed by atoms with Gasteiger partial charge in [0.05, 0.1) is 16.7 Å². The van der Waals surface area contributed by atoms with Gasteiger partial charge in [0.15, 0.2) is 0 Å². The van der Waals surface area contributed by atoms with E-state index in [9.17, 15) is 13.2 Å². The molecular formula is C21H24N4O4S3. The molecule has 4 rings (SSSR count). The van der Waals surface area contributed by atoms with E-state index in [-0.39, 0.29) is 21.9 Å². The third-order valence-electron chi connectivity index (χ3n) is 5.10. The van der Waals surface area contributed by atoms with Crippen LogP contribution in [0.25, 0.3) is 11.5 Å². The molecule has 0 saturated carbocycles. The fourth-order valence-electron chi connectivity index (χ4n) is 3.35. The zero-order chi connectivity index (χ0) is 22.6. The summed E-state index contributed by atoms with van der Waals surface area (Å²) in [5.41, 5.74) is 0.525. The van der Waals surface area contributed by atoms with Gasteiger partial charge in [-0.2, -0.15) is 4.31 Å². The normalized spacial score (nSPS) is 16.0. The van der Waals surface area contributed by atoms with Crippen molar-refractivity contribution >= 4 is 39.0 Å². The number of rotatable bonds is 8. The molecule has 1 aliphatic heterocycles. The first-order valence-electron chi connectivity index (χ1n) is 10.3. The Morgan fingerprint density at radius 1 is 1.22 bits per heavy atom. The lowest BCUT2D eigenvalue weighted by Gasteiger charge is -2.25. The Hall–Kier alpha value is -2.21. The molecule has 3 heterocycles. The number of thioether (sulfide) groups is 1. The van der Waals surface area contributed by atoms with E-state index in [1.165, 1.54) is 4.31 Å². The molecule has 1 aromatic carbocycles. The smallest absolute Gasteiger partial charge is 0.277 e. The number of sulfonamides is 1. The zero-order valence-electron chi connectivity index (χ0n) is 17.6. The van der Waals surface area contributed by atoms with Gasteiger partial charge in [0.25, 0.3) is 5.22 Å². The molecule has 1 atom stereocenters. The molecule has 32 heavy (non-hydrogen) atoms. The number of hydrogen-bond acceptors (Lipinski definition) is 8. The lowest BCUT2D eigenvalue weighted by molar-refractivity contribution is -0.120. The summed E-state index contributed by atoms with van der Waals surface area (Å²) >= 11 is 2.75. The molecule has 0 bridgehead atoms. The van der Waals surface area contributed by atoms with E-state index in [4.69, 9.17) is 4.42 Å². The average Bonchev–Trinajstić information content (AvgIpc) is 3.50. The summed E-state index contributed by atoms with van der Waals surface area (Å²) in [7, 11) is -3.55. The molecule has 0 radical (unpaired) electrons. The fourth-order valence-corrected chi connectivity index (χ4v) is 6.27. The largest absolute Gasteiger partial charge is 0.411 e. The van der Waals surface area contributed by atoms with Crippen LogP contribution in [0.15, 0.2) is 56.3 Å². The molecule has 1 fully saturated rings. The monoisotopic (exact) mass is 492 g/mol. The highest BCUT2D eigenvalue weighted by molar-refractivity contribution is 8.00. The number of amides is 1. The summed E-state index contributed by atoms with van der Waals surface area (Å²) in [5.74, 6) is 0.0900. The Morgan fingerprint density at radius 2 is 2.03 bits per heavy atom. The Balaban J connectivity index is 1.42. The molecule has 0 spiro atoms. The molecule has 8 nitrogen and oxygen atoms in total. The second kappa shape index (κ2) is 10.2. The van der Waals surface area contributed by atoms with Gasteiger partial charge >= 0.3 is 0 Å². The van der Waals surface area contributed by atoms with Crippen LogP contribution in [-0.2, 0) is 21.4 Å². The van der Waals surface area contributed by atoms with Gasteiger partial charge in [0, 0.05) is 23.5 Å². The maximum atomic E-state index is 13.0. The third-order valence-corrected chi connectivity index (χ3v) is 8.81. The minimum Gasteiger partial charge on any atom is -0.411 e. The van der Waals surface area contributed by atoms with Gasteiger partial charge < -0.3 is 9.73 Å². The molecule has 2 aromatic heterocycles. The Morgan fingerprint density at radius 3 is 2.78 bits per heavy atom. The third kappa shape index (κ3) is 5.40. The van der Waals surface area contributed by atoms with Crippen molar-refractivity contribution in [2.45, 2.75) is 48.1 Å². The number of nitrogens with zero attached hydrogens (tertiary/aromatic N) is 3. The van der Waals surface area contributed by atoms with Crippen molar-refractivity contribution in [3.63, 3.8) is 0 Å². The van der Waals surface area contributed by atoms with Gasteiger partial charge in [-0.15, -0.1) is 21.5 Å². The average molecular weight is 493 g/mol. The fraction of sp³-hybridized carbons (Fsp3) is 0.381. The van der Waals surface area contributed by atoms with Crippen LogP contribution in [0.4, 0.5) is 0 Å². The standard InChI is InChI=1S/C21H24N4O4S3/c1-15(19(26)22-14-17-8-6-12-30-17)31-21-24-23-20(29-21)16-7-5-9-18(13-16)32(27,28)25-10-3-2-4-11-25/h5-9,12-13,15H,2-4,10-11,14H2,1H3,(H,22,26). The minimum absolute atomic E-state index is 0.127. The maximum Gasteiger partial charge on any atom is 0.277 e. The first-order valence-corrected chi connectivity index (χ1v) is 13.5. The number of aromatic nitrogens is 2. The highest BCUT2D eigenvalue weighted by atomic mass is 32.2. The number of hydrogen-bond donors (Lipinski definition) is 1.